The minimum Gasteiger partial charge on any atom is -0.306 e. The van der Waals surface area contributed by atoms with Crippen LogP contribution in [-0.4, -0.2) is 34.6 Å². The van der Waals surface area contributed by atoms with Gasteiger partial charge < -0.3 is 9.88 Å². The van der Waals surface area contributed by atoms with Crippen LogP contribution in [0.5, 0.6) is 0 Å². The topological polar surface area (TPSA) is 41.0 Å². The van der Waals surface area contributed by atoms with Gasteiger partial charge in [-0.15, -0.1) is 12.4 Å². The van der Waals surface area contributed by atoms with Crippen molar-refractivity contribution in [3.8, 4) is 0 Å². The van der Waals surface area contributed by atoms with Crippen molar-refractivity contribution < 1.29 is 0 Å². The molecule has 0 bridgehead atoms. The summed E-state index contributed by atoms with van der Waals surface area (Å²) >= 11 is 0. The first-order valence-electron chi connectivity index (χ1n) is 6.13. The number of aromatic amines is 1. The molecule has 0 spiro atoms. The first-order valence-corrected chi connectivity index (χ1v) is 6.13. The molecule has 0 amide bonds. The van der Waals surface area contributed by atoms with Crippen LogP contribution in [0.4, 0.5) is 0 Å². The number of likely N-dealkylation sites (tertiary alicyclic amines) is 1. The zero-order valence-corrected chi connectivity index (χ0v) is 11.2. The van der Waals surface area contributed by atoms with Crippen LogP contribution < -0.4 is 5.69 Å². The van der Waals surface area contributed by atoms with Gasteiger partial charge in [0.05, 0.1) is 11.0 Å². The van der Waals surface area contributed by atoms with E-state index >= 15 is 0 Å². The van der Waals surface area contributed by atoms with E-state index in [1.54, 1.807) is 0 Å². The number of H-pyrrole nitrogens is 1. The fourth-order valence-corrected chi connectivity index (χ4v) is 2.69. The van der Waals surface area contributed by atoms with E-state index in [1.807, 2.05) is 28.8 Å². The van der Waals surface area contributed by atoms with Gasteiger partial charge in [0.15, 0.2) is 0 Å². The second-order valence-corrected chi connectivity index (χ2v) is 4.85. The average molecular weight is 268 g/mol. The van der Waals surface area contributed by atoms with Gasteiger partial charge in [-0.25, -0.2) is 4.79 Å². The lowest BCUT2D eigenvalue weighted by atomic mass is 10.1. The highest BCUT2D eigenvalue weighted by Crippen LogP contribution is 2.23. The van der Waals surface area contributed by atoms with Gasteiger partial charge in [0.1, 0.15) is 0 Å². The molecular formula is C13H18ClN3O. The molecule has 1 aliphatic heterocycles. The smallest absolute Gasteiger partial charge is 0.306 e. The van der Waals surface area contributed by atoms with Gasteiger partial charge in [-0.1, -0.05) is 12.1 Å². The number of benzene rings is 1. The standard InChI is InChI=1S/C13H17N3O.ClH/c1-15-8-6-10(7-9-15)16-12-5-3-2-4-11(12)14-13(16)17;/h2-5,10H,6-9H2,1H3,(H,14,17);1H. The Morgan fingerprint density at radius 1 is 1.22 bits per heavy atom. The molecular weight excluding hydrogens is 250 g/mol. The van der Waals surface area contributed by atoms with Crippen molar-refractivity contribution in [2.24, 2.45) is 0 Å². The molecule has 2 heterocycles. The van der Waals surface area contributed by atoms with E-state index < -0.39 is 0 Å². The molecule has 4 nitrogen and oxygen atoms in total. The molecule has 18 heavy (non-hydrogen) atoms. The molecule has 1 N–H and O–H groups in total. The lowest BCUT2D eigenvalue weighted by Crippen LogP contribution is -2.34. The Morgan fingerprint density at radius 3 is 2.61 bits per heavy atom. The summed E-state index contributed by atoms with van der Waals surface area (Å²) < 4.78 is 1.93. The van der Waals surface area contributed by atoms with Crippen molar-refractivity contribution in [3.05, 3.63) is 34.7 Å². The monoisotopic (exact) mass is 267 g/mol. The van der Waals surface area contributed by atoms with Gasteiger partial charge in [0, 0.05) is 6.04 Å². The van der Waals surface area contributed by atoms with Crippen molar-refractivity contribution in [2.75, 3.05) is 20.1 Å². The van der Waals surface area contributed by atoms with Crippen molar-refractivity contribution in [1.29, 1.82) is 0 Å². The Hall–Kier alpha value is -1.26. The molecule has 3 rings (SSSR count). The number of fused-ring (bicyclic) bond motifs is 1. The fraction of sp³-hybridized carbons (Fsp3) is 0.462. The summed E-state index contributed by atoms with van der Waals surface area (Å²) in [6.07, 6.45) is 2.11. The third-order valence-corrected chi connectivity index (χ3v) is 3.68. The number of para-hydroxylation sites is 2. The Morgan fingerprint density at radius 2 is 1.89 bits per heavy atom. The van der Waals surface area contributed by atoms with Crippen LogP contribution >= 0.6 is 12.4 Å². The minimum atomic E-state index is 0. The van der Waals surface area contributed by atoms with Crippen molar-refractivity contribution in [2.45, 2.75) is 18.9 Å². The molecule has 0 aliphatic carbocycles. The Balaban J connectivity index is 0.00000120. The summed E-state index contributed by atoms with van der Waals surface area (Å²) in [7, 11) is 2.13. The van der Waals surface area contributed by atoms with Crippen molar-refractivity contribution in [3.63, 3.8) is 0 Å². The predicted molar refractivity (Wildman–Crippen MR) is 75.6 cm³/mol. The predicted octanol–water partition coefficient (Wildman–Crippen LogP) is 2.02. The summed E-state index contributed by atoms with van der Waals surface area (Å²) in [6, 6.07) is 8.27. The average Bonchev–Trinajstić information content (AvgIpc) is 2.66. The third-order valence-electron chi connectivity index (χ3n) is 3.68. The number of imidazole rings is 1. The van der Waals surface area contributed by atoms with Crippen LogP contribution in [0.15, 0.2) is 29.1 Å². The fourth-order valence-electron chi connectivity index (χ4n) is 2.69. The number of rotatable bonds is 1. The van der Waals surface area contributed by atoms with Crippen LogP contribution in [-0.2, 0) is 0 Å². The number of piperidine rings is 1. The number of nitrogens with zero attached hydrogens (tertiary/aromatic N) is 2. The van der Waals surface area contributed by atoms with Crippen LogP contribution in [0.2, 0.25) is 0 Å². The summed E-state index contributed by atoms with van der Waals surface area (Å²) in [5, 5.41) is 0. The van der Waals surface area contributed by atoms with Gasteiger partial charge >= 0.3 is 5.69 Å². The van der Waals surface area contributed by atoms with Crippen LogP contribution in [0.1, 0.15) is 18.9 Å². The lowest BCUT2D eigenvalue weighted by Gasteiger charge is -2.29. The Bertz CT molecular complexity index is 581. The molecule has 1 saturated heterocycles. The van der Waals surface area contributed by atoms with Crippen LogP contribution in [0.3, 0.4) is 0 Å². The molecule has 1 aromatic heterocycles. The SMILES string of the molecule is CN1CCC(n2c(=O)[nH]c3ccccc32)CC1.Cl. The zero-order valence-electron chi connectivity index (χ0n) is 10.4. The van der Waals surface area contributed by atoms with Crippen molar-refractivity contribution in [1.82, 2.24) is 14.5 Å². The number of hydrogen-bond donors (Lipinski definition) is 1. The van der Waals surface area contributed by atoms with Gasteiger partial charge in [0.25, 0.3) is 0 Å². The zero-order chi connectivity index (χ0) is 11.8. The number of halogens is 1. The van der Waals surface area contributed by atoms with E-state index in [0.717, 1.165) is 37.0 Å². The molecule has 2 aromatic rings. The van der Waals surface area contributed by atoms with Gasteiger partial charge in [-0.2, -0.15) is 0 Å². The van der Waals surface area contributed by atoms with Gasteiger partial charge in [-0.3, -0.25) is 4.57 Å². The summed E-state index contributed by atoms with van der Waals surface area (Å²) in [5.41, 5.74) is 2.00. The summed E-state index contributed by atoms with van der Waals surface area (Å²) in [6.45, 7) is 2.13. The highest BCUT2D eigenvalue weighted by Gasteiger charge is 2.21. The van der Waals surface area contributed by atoms with Gasteiger partial charge in [-0.05, 0) is 45.1 Å². The van der Waals surface area contributed by atoms with E-state index in [-0.39, 0.29) is 18.1 Å². The first-order chi connectivity index (χ1) is 8.25. The maximum atomic E-state index is 12.0. The van der Waals surface area contributed by atoms with E-state index in [9.17, 15) is 4.79 Å². The minimum absolute atomic E-state index is 0. The summed E-state index contributed by atoms with van der Waals surface area (Å²) in [4.78, 5) is 17.3. The molecule has 1 aromatic carbocycles. The largest absolute Gasteiger partial charge is 0.326 e. The summed E-state index contributed by atoms with van der Waals surface area (Å²) in [5.74, 6) is 0. The molecule has 1 fully saturated rings. The van der Waals surface area contributed by atoms with E-state index in [2.05, 4.69) is 16.9 Å². The Kier molecular flexibility index (Phi) is 3.78. The first kappa shape index (κ1) is 13.2. The maximum Gasteiger partial charge on any atom is 0.326 e. The number of nitrogens with one attached hydrogen (secondary N) is 1. The van der Waals surface area contributed by atoms with Crippen LogP contribution in [0, 0.1) is 0 Å². The lowest BCUT2D eigenvalue weighted by molar-refractivity contribution is 0.221. The molecule has 0 radical (unpaired) electrons. The molecule has 0 saturated carbocycles. The van der Waals surface area contributed by atoms with E-state index in [1.165, 1.54) is 0 Å². The van der Waals surface area contributed by atoms with E-state index in [4.69, 9.17) is 0 Å². The maximum absolute atomic E-state index is 12.0. The second kappa shape index (κ2) is 5.16. The molecule has 1 aliphatic rings. The Labute approximate surface area is 112 Å². The quantitative estimate of drug-likeness (QED) is 0.859. The normalized spacial score (nSPS) is 17.8. The highest BCUT2D eigenvalue weighted by atomic mass is 35.5. The molecule has 0 unspecified atom stereocenters. The van der Waals surface area contributed by atoms with Crippen LogP contribution in [0.25, 0.3) is 11.0 Å². The second-order valence-electron chi connectivity index (χ2n) is 4.85. The third kappa shape index (κ3) is 2.18. The number of hydrogen-bond acceptors (Lipinski definition) is 2. The van der Waals surface area contributed by atoms with Gasteiger partial charge in [0.2, 0.25) is 0 Å². The number of aromatic nitrogens is 2. The molecule has 0 atom stereocenters. The van der Waals surface area contributed by atoms with E-state index in [0.29, 0.717) is 6.04 Å². The molecule has 98 valence electrons. The molecule has 5 heteroatoms. The highest BCUT2D eigenvalue weighted by molar-refractivity contribution is 5.85. The van der Waals surface area contributed by atoms with Crippen molar-refractivity contribution >= 4 is 23.4 Å².